The van der Waals surface area contributed by atoms with Crippen LogP contribution in [-0.2, 0) is 9.53 Å². The lowest BCUT2D eigenvalue weighted by atomic mass is 10.0. The van der Waals surface area contributed by atoms with Crippen molar-refractivity contribution in [2.75, 3.05) is 13.7 Å². The maximum atomic E-state index is 12.5. The lowest BCUT2D eigenvalue weighted by Gasteiger charge is -2.04. The highest BCUT2D eigenvalue weighted by Gasteiger charge is 2.09. The lowest BCUT2D eigenvalue weighted by molar-refractivity contribution is -0.137. The number of hydrogen-bond acceptors (Lipinski definition) is 4. The molecule has 0 radical (unpaired) electrons. The smallest absolute Gasteiger partial charge is 0.330 e. The molecule has 4 heteroatoms. The van der Waals surface area contributed by atoms with Crippen molar-refractivity contribution in [2.24, 2.45) is 0 Å². The van der Waals surface area contributed by atoms with E-state index < -0.39 is 5.97 Å². The highest BCUT2D eigenvalue weighted by molar-refractivity contribution is 6.09. The zero-order valence-electron chi connectivity index (χ0n) is 13.1. The van der Waals surface area contributed by atoms with E-state index in [-0.39, 0.29) is 5.78 Å². The topological polar surface area (TPSA) is 52.6 Å². The van der Waals surface area contributed by atoms with Gasteiger partial charge in [0.25, 0.3) is 0 Å². The Kier molecular flexibility index (Phi) is 5.69. The zero-order chi connectivity index (χ0) is 16.7. The Morgan fingerprint density at radius 1 is 1.04 bits per heavy atom. The van der Waals surface area contributed by atoms with E-state index in [4.69, 9.17) is 9.47 Å². The van der Waals surface area contributed by atoms with Gasteiger partial charge in [0.2, 0.25) is 0 Å². The molecule has 0 saturated carbocycles. The molecule has 0 spiro atoms. The minimum atomic E-state index is -0.403. The second kappa shape index (κ2) is 7.94. The molecule has 0 aliphatic rings. The van der Waals surface area contributed by atoms with E-state index in [1.807, 2.05) is 6.07 Å². The van der Waals surface area contributed by atoms with Gasteiger partial charge in [-0.25, -0.2) is 4.79 Å². The molecule has 118 valence electrons. The quantitative estimate of drug-likeness (QED) is 0.465. The number of ketones is 1. The monoisotopic (exact) mass is 310 g/mol. The van der Waals surface area contributed by atoms with Crippen LogP contribution >= 0.6 is 0 Å². The summed E-state index contributed by atoms with van der Waals surface area (Å²) in [6.45, 7) is 2.08. The first-order valence-electron chi connectivity index (χ1n) is 7.27. The largest absolute Gasteiger partial charge is 0.497 e. The summed E-state index contributed by atoms with van der Waals surface area (Å²) in [5.41, 5.74) is 1.90. The van der Waals surface area contributed by atoms with Crippen molar-refractivity contribution in [2.45, 2.75) is 6.92 Å². The van der Waals surface area contributed by atoms with E-state index in [1.165, 1.54) is 6.08 Å². The Morgan fingerprint density at radius 2 is 1.78 bits per heavy atom. The maximum Gasteiger partial charge on any atom is 0.330 e. The van der Waals surface area contributed by atoms with Crippen molar-refractivity contribution in [1.29, 1.82) is 0 Å². The van der Waals surface area contributed by atoms with Crippen molar-refractivity contribution in [3.63, 3.8) is 0 Å². The van der Waals surface area contributed by atoms with Gasteiger partial charge in [0.1, 0.15) is 5.75 Å². The third-order valence-corrected chi connectivity index (χ3v) is 3.20. The molecule has 0 aliphatic carbocycles. The van der Waals surface area contributed by atoms with Crippen LogP contribution in [0.3, 0.4) is 0 Å². The summed E-state index contributed by atoms with van der Waals surface area (Å²) < 4.78 is 9.91. The maximum absolute atomic E-state index is 12.5. The summed E-state index contributed by atoms with van der Waals surface area (Å²) >= 11 is 0. The first-order chi connectivity index (χ1) is 11.1. The first-order valence-corrected chi connectivity index (χ1v) is 7.27. The third-order valence-electron chi connectivity index (χ3n) is 3.20. The molecule has 2 rings (SSSR count). The fourth-order valence-electron chi connectivity index (χ4n) is 2.05. The highest BCUT2D eigenvalue weighted by atomic mass is 16.5. The van der Waals surface area contributed by atoms with Gasteiger partial charge in [-0.1, -0.05) is 18.2 Å². The normalized spacial score (nSPS) is 10.5. The van der Waals surface area contributed by atoms with Crippen molar-refractivity contribution >= 4 is 17.8 Å². The van der Waals surface area contributed by atoms with Crippen LogP contribution < -0.4 is 4.74 Å². The first kappa shape index (κ1) is 16.5. The van der Waals surface area contributed by atoms with Crippen molar-refractivity contribution < 1.29 is 19.1 Å². The van der Waals surface area contributed by atoms with E-state index in [9.17, 15) is 9.59 Å². The number of carbonyl (C=O) groups is 2. The molecule has 2 aromatic carbocycles. The second-order valence-electron chi connectivity index (χ2n) is 4.77. The van der Waals surface area contributed by atoms with Gasteiger partial charge in [0.05, 0.1) is 13.7 Å². The van der Waals surface area contributed by atoms with Crippen LogP contribution in [0.1, 0.15) is 28.4 Å². The number of rotatable bonds is 6. The fraction of sp³-hybridized carbons (Fsp3) is 0.158. The zero-order valence-corrected chi connectivity index (χ0v) is 13.1. The van der Waals surface area contributed by atoms with Crippen LogP contribution in [0.15, 0.2) is 54.6 Å². The molecule has 2 aromatic rings. The molecule has 0 fully saturated rings. The number of esters is 1. The Labute approximate surface area is 135 Å². The summed E-state index contributed by atoms with van der Waals surface area (Å²) in [6.07, 6.45) is 2.98. The molecule has 0 aromatic heterocycles. The predicted octanol–water partition coefficient (Wildman–Crippen LogP) is 3.50. The minimum absolute atomic E-state index is 0.0842. The highest BCUT2D eigenvalue weighted by Crippen LogP contribution is 2.16. The van der Waals surface area contributed by atoms with E-state index in [2.05, 4.69) is 0 Å². The molecule has 0 atom stereocenters. The number of hydrogen-bond donors (Lipinski definition) is 0. The molecular weight excluding hydrogens is 292 g/mol. The van der Waals surface area contributed by atoms with Crippen molar-refractivity contribution in [1.82, 2.24) is 0 Å². The minimum Gasteiger partial charge on any atom is -0.497 e. The van der Waals surface area contributed by atoms with Crippen molar-refractivity contribution in [3.05, 3.63) is 71.3 Å². The van der Waals surface area contributed by atoms with Crippen LogP contribution in [0.5, 0.6) is 5.75 Å². The fourth-order valence-corrected chi connectivity index (χ4v) is 2.05. The molecule has 0 amide bonds. The van der Waals surface area contributed by atoms with Gasteiger partial charge in [-0.15, -0.1) is 0 Å². The second-order valence-corrected chi connectivity index (χ2v) is 4.77. The molecule has 0 N–H and O–H groups in total. The van der Waals surface area contributed by atoms with Gasteiger partial charge in [0, 0.05) is 17.2 Å². The summed E-state index contributed by atoms with van der Waals surface area (Å²) in [4.78, 5) is 23.8. The Hall–Kier alpha value is -2.88. The van der Waals surface area contributed by atoms with Gasteiger partial charge < -0.3 is 9.47 Å². The molecule has 0 unspecified atom stereocenters. The van der Waals surface area contributed by atoms with Gasteiger partial charge in [-0.3, -0.25) is 4.79 Å². The van der Waals surface area contributed by atoms with Crippen LogP contribution in [0.4, 0.5) is 0 Å². The van der Waals surface area contributed by atoms with Gasteiger partial charge in [-0.2, -0.15) is 0 Å². The SMILES string of the molecule is CCOC(=O)C=Cc1cccc(C(=O)c2ccc(OC)cc2)c1. The van der Waals surface area contributed by atoms with E-state index in [1.54, 1.807) is 62.6 Å². The number of carbonyl (C=O) groups excluding carboxylic acids is 2. The number of methoxy groups -OCH3 is 1. The summed E-state index contributed by atoms with van der Waals surface area (Å²) in [6, 6.07) is 14.0. The lowest BCUT2D eigenvalue weighted by Crippen LogP contribution is -2.01. The third kappa shape index (κ3) is 4.54. The molecule has 4 nitrogen and oxygen atoms in total. The summed E-state index contributed by atoms with van der Waals surface area (Å²) in [5, 5.41) is 0. The summed E-state index contributed by atoms with van der Waals surface area (Å²) in [7, 11) is 1.58. The molecule has 0 aliphatic heterocycles. The van der Waals surface area contributed by atoms with Gasteiger partial charge in [0.15, 0.2) is 5.78 Å². The molecule has 0 bridgehead atoms. The predicted molar refractivity (Wildman–Crippen MR) is 88.5 cm³/mol. The molecule has 0 heterocycles. The molecular formula is C19H18O4. The van der Waals surface area contributed by atoms with Crippen molar-refractivity contribution in [3.8, 4) is 5.75 Å². The van der Waals surface area contributed by atoms with E-state index >= 15 is 0 Å². The summed E-state index contributed by atoms with van der Waals surface area (Å²) in [5.74, 6) is 0.214. The average Bonchev–Trinajstić information content (AvgIpc) is 2.60. The number of ether oxygens (including phenoxy) is 2. The Morgan fingerprint density at radius 3 is 2.43 bits per heavy atom. The Bertz CT molecular complexity index is 714. The van der Waals surface area contributed by atoms with Crippen LogP contribution in [-0.4, -0.2) is 25.5 Å². The number of benzene rings is 2. The van der Waals surface area contributed by atoms with E-state index in [0.29, 0.717) is 23.5 Å². The van der Waals surface area contributed by atoms with Crippen LogP contribution in [0, 0.1) is 0 Å². The molecule has 0 saturated heterocycles. The Balaban J connectivity index is 2.17. The van der Waals surface area contributed by atoms with Crippen LogP contribution in [0.2, 0.25) is 0 Å². The van der Waals surface area contributed by atoms with Crippen LogP contribution in [0.25, 0.3) is 6.08 Å². The average molecular weight is 310 g/mol. The van der Waals surface area contributed by atoms with Gasteiger partial charge >= 0.3 is 5.97 Å². The standard InChI is InChI=1S/C19H18O4/c1-3-23-18(20)12-7-14-5-4-6-16(13-14)19(21)15-8-10-17(22-2)11-9-15/h4-13H,3H2,1-2H3. The van der Waals surface area contributed by atoms with Gasteiger partial charge in [-0.05, 0) is 48.9 Å². The van der Waals surface area contributed by atoms with E-state index in [0.717, 1.165) is 5.56 Å². The molecule has 23 heavy (non-hydrogen) atoms.